The highest BCUT2D eigenvalue weighted by Crippen LogP contribution is 2.27. The molecule has 0 saturated carbocycles. The summed E-state index contributed by atoms with van der Waals surface area (Å²) in [6.07, 6.45) is 5.30. The van der Waals surface area contributed by atoms with E-state index in [1.807, 2.05) is 43.0 Å². The molecule has 0 radical (unpaired) electrons. The molecule has 0 atom stereocenters. The van der Waals surface area contributed by atoms with Gasteiger partial charge in [0.05, 0.1) is 24.2 Å². The predicted molar refractivity (Wildman–Crippen MR) is 102 cm³/mol. The summed E-state index contributed by atoms with van der Waals surface area (Å²) in [5.41, 5.74) is 1.21. The van der Waals surface area contributed by atoms with Gasteiger partial charge in [-0.15, -0.1) is 0 Å². The SMILES string of the molecule is CC1CCN(C(=O)c2cnc(Nc3ccccc3OC(C)C)cn2)CC1. The second-order valence-corrected chi connectivity index (χ2v) is 7.05. The number of aromatic nitrogens is 2. The van der Waals surface area contributed by atoms with E-state index in [2.05, 4.69) is 22.2 Å². The summed E-state index contributed by atoms with van der Waals surface area (Å²) in [5.74, 6) is 1.98. The molecule has 1 saturated heterocycles. The Bertz CT molecular complexity index is 738. The van der Waals surface area contributed by atoms with Crippen LogP contribution in [0, 0.1) is 5.92 Å². The number of nitrogens with zero attached hydrogens (tertiary/aromatic N) is 3. The molecule has 2 heterocycles. The largest absolute Gasteiger partial charge is 0.489 e. The Hall–Kier alpha value is -2.63. The molecule has 26 heavy (non-hydrogen) atoms. The Morgan fingerprint density at radius 2 is 1.92 bits per heavy atom. The number of piperidine rings is 1. The summed E-state index contributed by atoms with van der Waals surface area (Å²) in [6.45, 7) is 7.78. The van der Waals surface area contributed by atoms with Gasteiger partial charge < -0.3 is 15.0 Å². The summed E-state index contributed by atoms with van der Waals surface area (Å²) in [5, 5.41) is 3.21. The van der Waals surface area contributed by atoms with Crippen LogP contribution in [0.2, 0.25) is 0 Å². The number of hydrogen-bond acceptors (Lipinski definition) is 5. The first kappa shape index (κ1) is 18.2. The number of para-hydroxylation sites is 2. The molecular formula is C20H26N4O2. The Kier molecular flexibility index (Phi) is 5.71. The first-order valence-electron chi connectivity index (χ1n) is 9.17. The smallest absolute Gasteiger partial charge is 0.274 e. The molecule has 138 valence electrons. The highest BCUT2D eigenvalue weighted by molar-refractivity contribution is 5.92. The van der Waals surface area contributed by atoms with E-state index in [0.717, 1.165) is 37.4 Å². The van der Waals surface area contributed by atoms with E-state index in [1.165, 1.54) is 6.20 Å². The molecule has 1 fully saturated rings. The number of benzene rings is 1. The van der Waals surface area contributed by atoms with E-state index in [9.17, 15) is 4.79 Å². The summed E-state index contributed by atoms with van der Waals surface area (Å²) < 4.78 is 5.80. The summed E-state index contributed by atoms with van der Waals surface area (Å²) >= 11 is 0. The van der Waals surface area contributed by atoms with Crippen molar-refractivity contribution in [3.8, 4) is 5.75 Å². The third kappa shape index (κ3) is 4.50. The standard InChI is InChI=1S/C20H26N4O2/c1-14(2)26-18-7-5-4-6-16(18)23-19-13-21-17(12-22-19)20(25)24-10-8-15(3)9-11-24/h4-7,12-15H,8-11H2,1-3H3,(H,22,23). The molecule has 1 amide bonds. The molecule has 1 aliphatic rings. The number of carbonyl (C=O) groups excluding carboxylic acids is 1. The molecule has 0 bridgehead atoms. The van der Waals surface area contributed by atoms with E-state index < -0.39 is 0 Å². The van der Waals surface area contributed by atoms with Crippen LogP contribution in [0.15, 0.2) is 36.7 Å². The van der Waals surface area contributed by atoms with Gasteiger partial charge in [0.2, 0.25) is 0 Å². The summed E-state index contributed by atoms with van der Waals surface area (Å²) in [6, 6.07) is 7.69. The Morgan fingerprint density at radius 1 is 1.19 bits per heavy atom. The Labute approximate surface area is 154 Å². The molecule has 1 aliphatic heterocycles. The maximum Gasteiger partial charge on any atom is 0.274 e. The van der Waals surface area contributed by atoms with Gasteiger partial charge in [0, 0.05) is 13.1 Å². The van der Waals surface area contributed by atoms with Crippen molar-refractivity contribution in [3.63, 3.8) is 0 Å². The molecule has 0 unspecified atom stereocenters. The van der Waals surface area contributed by atoms with Crippen LogP contribution in [0.4, 0.5) is 11.5 Å². The van der Waals surface area contributed by atoms with Crippen molar-refractivity contribution in [3.05, 3.63) is 42.4 Å². The van der Waals surface area contributed by atoms with E-state index in [1.54, 1.807) is 6.20 Å². The second-order valence-electron chi connectivity index (χ2n) is 7.05. The van der Waals surface area contributed by atoms with Gasteiger partial charge in [-0.1, -0.05) is 19.1 Å². The lowest BCUT2D eigenvalue weighted by molar-refractivity contribution is 0.0691. The van der Waals surface area contributed by atoms with Gasteiger partial charge in [-0.2, -0.15) is 0 Å². The lowest BCUT2D eigenvalue weighted by Gasteiger charge is -2.29. The average Bonchev–Trinajstić information content (AvgIpc) is 2.64. The first-order chi connectivity index (χ1) is 12.5. The molecular weight excluding hydrogens is 328 g/mol. The van der Waals surface area contributed by atoms with Crippen molar-refractivity contribution >= 4 is 17.4 Å². The number of ether oxygens (including phenoxy) is 1. The van der Waals surface area contributed by atoms with E-state index in [0.29, 0.717) is 17.4 Å². The molecule has 3 rings (SSSR count). The summed E-state index contributed by atoms with van der Waals surface area (Å²) in [7, 11) is 0. The molecule has 6 nitrogen and oxygen atoms in total. The number of anilines is 2. The monoisotopic (exact) mass is 354 g/mol. The third-order valence-electron chi connectivity index (χ3n) is 4.45. The minimum Gasteiger partial charge on any atom is -0.489 e. The lowest BCUT2D eigenvalue weighted by atomic mass is 9.99. The number of likely N-dealkylation sites (tertiary alicyclic amines) is 1. The minimum atomic E-state index is -0.0421. The van der Waals surface area contributed by atoms with Crippen molar-refractivity contribution in [2.75, 3.05) is 18.4 Å². The van der Waals surface area contributed by atoms with Crippen molar-refractivity contribution in [2.24, 2.45) is 5.92 Å². The zero-order valence-electron chi connectivity index (χ0n) is 15.6. The molecule has 0 spiro atoms. The van der Waals surface area contributed by atoms with Gasteiger partial charge >= 0.3 is 0 Å². The van der Waals surface area contributed by atoms with Crippen LogP contribution >= 0.6 is 0 Å². The predicted octanol–water partition coefficient (Wildman–Crippen LogP) is 3.88. The van der Waals surface area contributed by atoms with Gasteiger partial charge in [-0.25, -0.2) is 9.97 Å². The molecule has 1 aromatic carbocycles. The van der Waals surface area contributed by atoms with Crippen molar-refractivity contribution in [1.82, 2.24) is 14.9 Å². The molecule has 6 heteroatoms. The maximum atomic E-state index is 12.5. The van der Waals surface area contributed by atoms with E-state index in [-0.39, 0.29) is 12.0 Å². The van der Waals surface area contributed by atoms with Crippen molar-refractivity contribution < 1.29 is 9.53 Å². The number of amides is 1. The maximum absolute atomic E-state index is 12.5. The molecule has 1 N–H and O–H groups in total. The van der Waals surface area contributed by atoms with Gasteiger partial charge in [0.15, 0.2) is 0 Å². The quantitative estimate of drug-likeness (QED) is 0.882. The van der Waals surface area contributed by atoms with E-state index >= 15 is 0 Å². The fourth-order valence-corrected chi connectivity index (χ4v) is 2.94. The van der Waals surface area contributed by atoms with Crippen LogP contribution in [0.25, 0.3) is 0 Å². The minimum absolute atomic E-state index is 0.0421. The van der Waals surface area contributed by atoms with E-state index in [4.69, 9.17) is 4.74 Å². The highest BCUT2D eigenvalue weighted by atomic mass is 16.5. The first-order valence-corrected chi connectivity index (χ1v) is 9.17. The van der Waals surface area contributed by atoms with Crippen LogP contribution in [-0.2, 0) is 0 Å². The van der Waals surface area contributed by atoms with Gasteiger partial charge in [0.1, 0.15) is 17.3 Å². The number of rotatable bonds is 5. The van der Waals surface area contributed by atoms with Crippen LogP contribution in [0.5, 0.6) is 5.75 Å². The summed E-state index contributed by atoms with van der Waals surface area (Å²) in [4.78, 5) is 23.0. The lowest BCUT2D eigenvalue weighted by Crippen LogP contribution is -2.38. The fraction of sp³-hybridized carbons (Fsp3) is 0.450. The normalized spacial score (nSPS) is 15.2. The van der Waals surface area contributed by atoms with Crippen LogP contribution < -0.4 is 10.1 Å². The third-order valence-corrected chi connectivity index (χ3v) is 4.45. The van der Waals surface area contributed by atoms with Crippen LogP contribution in [0.1, 0.15) is 44.1 Å². The Morgan fingerprint density at radius 3 is 2.58 bits per heavy atom. The zero-order valence-corrected chi connectivity index (χ0v) is 15.6. The average molecular weight is 354 g/mol. The number of hydrogen-bond donors (Lipinski definition) is 1. The Balaban J connectivity index is 1.68. The van der Waals surface area contributed by atoms with Crippen molar-refractivity contribution in [2.45, 2.75) is 39.7 Å². The number of nitrogens with one attached hydrogen (secondary N) is 1. The number of carbonyl (C=O) groups is 1. The topological polar surface area (TPSA) is 67.4 Å². The van der Waals surface area contributed by atoms with Gasteiger partial charge in [-0.05, 0) is 44.7 Å². The molecule has 0 aliphatic carbocycles. The van der Waals surface area contributed by atoms with Gasteiger partial charge in [0.25, 0.3) is 5.91 Å². The van der Waals surface area contributed by atoms with Gasteiger partial charge in [-0.3, -0.25) is 4.79 Å². The highest BCUT2D eigenvalue weighted by Gasteiger charge is 2.22. The zero-order chi connectivity index (χ0) is 18.5. The molecule has 2 aromatic rings. The van der Waals surface area contributed by atoms with Crippen molar-refractivity contribution in [1.29, 1.82) is 0 Å². The second kappa shape index (κ2) is 8.17. The fourth-order valence-electron chi connectivity index (χ4n) is 2.94. The van der Waals surface area contributed by atoms with Crippen LogP contribution in [0.3, 0.4) is 0 Å². The molecule has 1 aromatic heterocycles. The van der Waals surface area contributed by atoms with Crippen LogP contribution in [-0.4, -0.2) is 40.0 Å².